The molecule has 0 saturated carbocycles. The minimum absolute atomic E-state index is 0.0233. The number of fused-ring (bicyclic) bond motifs is 1. The van der Waals surface area contributed by atoms with Gasteiger partial charge in [0.2, 0.25) is 13.3 Å². The van der Waals surface area contributed by atoms with Gasteiger partial charge in [0.1, 0.15) is 28.8 Å². The van der Waals surface area contributed by atoms with Crippen molar-refractivity contribution in [3.8, 4) is 5.75 Å². The van der Waals surface area contributed by atoms with Gasteiger partial charge in [-0.05, 0) is 45.0 Å². The summed E-state index contributed by atoms with van der Waals surface area (Å²) in [6.45, 7) is 5.58. The molecule has 1 aromatic carbocycles. The highest BCUT2D eigenvalue weighted by Crippen LogP contribution is 2.45. The van der Waals surface area contributed by atoms with Crippen molar-refractivity contribution in [2.45, 2.75) is 55.6 Å². The van der Waals surface area contributed by atoms with Gasteiger partial charge in [-0.25, -0.2) is 9.97 Å². The highest BCUT2D eigenvalue weighted by Gasteiger charge is 2.38. The third-order valence-corrected chi connectivity index (χ3v) is 6.69. The Morgan fingerprint density at radius 3 is 2.50 bits per heavy atom. The standard InChI is InChI=1S/C20H25F3N5O4PS/c1-12(2)32-14-4-6-15(7-5-14)34-18-16-17(26-19(24)27-18)28(10-25-16)8-13(3)31-11-33(29,30)9-20(21,22)23/h4-7,10,12-13H,8-9,11H2,1-3H3,(H,29,30)(H2,24,26,27). The van der Waals surface area contributed by atoms with Crippen LogP contribution in [-0.2, 0) is 15.8 Å². The summed E-state index contributed by atoms with van der Waals surface area (Å²) in [5, 5.41) is 0.525. The number of halogens is 3. The van der Waals surface area contributed by atoms with E-state index in [1.165, 1.54) is 18.1 Å². The van der Waals surface area contributed by atoms with Crippen LogP contribution < -0.4 is 10.5 Å². The third-order valence-electron chi connectivity index (χ3n) is 4.30. The Hall–Kier alpha value is -2.34. The Balaban J connectivity index is 1.72. The number of ether oxygens (including phenoxy) is 2. The molecule has 0 bridgehead atoms. The van der Waals surface area contributed by atoms with Gasteiger partial charge >= 0.3 is 6.18 Å². The molecule has 34 heavy (non-hydrogen) atoms. The molecule has 3 N–H and O–H groups in total. The van der Waals surface area contributed by atoms with E-state index in [-0.39, 0.29) is 18.6 Å². The van der Waals surface area contributed by atoms with E-state index in [9.17, 15) is 22.6 Å². The van der Waals surface area contributed by atoms with Crippen molar-refractivity contribution in [3.05, 3.63) is 30.6 Å². The van der Waals surface area contributed by atoms with Crippen LogP contribution in [0.3, 0.4) is 0 Å². The number of rotatable bonds is 10. The maximum atomic E-state index is 12.4. The molecule has 0 spiro atoms. The fourth-order valence-corrected chi connectivity index (χ4v) is 5.02. The summed E-state index contributed by atoms with van der Waals surface area (Å²) in [7, 11) is -4.50. The molecule has 9 nitrogen and oxygen atoms in total. The van der Waals surface area contributed by atoms with Crippen LogP contribution in [0.15, 0.2) is 40.5 Å². The minimum atomic E-state index is -4.75. The van der Waals surface area contributed by atoms with Crippen LogP contribution >= 0.6 is 19.1 Å². The van der Waals surface area contributed by atoms with E-state index in [1.807, 2.05) is 38.1 Å². The monoisotopic (exact) mass is 519 g/mol. The Kier molecular flexibility index (Phi) is 8.12. The van der Waals surface area contributed by atoms with E-state index in [2.05, 4.69) is 15.0 Å². The topological polar surface area (TPSA) is 125 Å². The lowest BCUT2D eigenvalue weighted by atomic mass is 10.3. The lowest BCUT2D eigenvalue weighted by Crippen LogP contribution is -2.20. The molecule has 0 aliphatic heterocycles. The summed E-state index contributed by atoms with van der Waals surface area (Å²) in [5.74, 6) is 0.766. The second-order valence-electron chi connectivity index (χ2n) is 7.92. The lowest BCUT2D eigenvalue weighted by molar-refractivity contribution is -0.108. The number of alkyl halides is 3. The zero-order valence-corrected chi connectivity index (χ0v) is 20.4. The van der Waals surface area contributed by atoms with Crippen LogP contribution in [0.4, 0.5) is 19.1 Å². The predicted octanol–water partition coefficient (Wildman–Crippen LogP) is 4.54. The molecule has 0 amide bonds. The fraction of sp³-hybridized carbons (Fsp3) is 0.450. The van der Waals surface area contributed by atoms with E-state index in [0.717, 1.165) is 10.6 Å². The first-order chi connectivity index (χ1) is 15.8. The van der Waals surface area contributed by atoms with Gasteiger partial charge in [0.25, 0.3) is 0 Å². The zero-order valence-electron chi connectivity index (χ0n) is 18.7. The Morgan fingerprint density at radius 2 is 1.88 bits per heavy atom. The molecule has 2 unspecified atom stereocenters. The summed E-state index contributed by atoms with van der Waals surface area (Å²) >= 11 is 1.34. The Morgan fingerprint density at radius 1 is 1.21 bits per heavy atom. The molecule has 2 heterocycles. The molecular formula is C20H25F3N5O4PS. The first kappa shape index (κ1) is 26.3. The van der Waals surface area contributed by atoms with Crippen LogP contribution in [-0.4, -0.2) is 55.3 Å². The van der Waals surface area contributed by atoms with Gasteiger partial charge in [-0.3, -0.25) is 4.57 Å². The molecule has 0 saturated heterocycles. The molecule has 3 rings (SSSR count). The smallest absolute Gasteiger partial charge is 0.398 e. The fourth-order valence-electron chi connectivity index (χ4n) is 3.01. The zero-order chi connectivity index (χ0) is 25.1. The summed E-state index contributed by atoms with van der Waals surface area (Å²) < 4.78 is 61.5. The normalized spacial score (nSPS) is 14.9. The van der Waals surface area contributed by atoms with Gasteiger partial charge in [0, 0.05) is 4.90 Å². The average molecular weight is 519 g/mol. The van der Waals surface area contributed by atoms with Crippen LogP contribution in [0.5, 0.6) is 5.75 Å². The van der Waals surface area contributed by atoms with Crippen molar-refractivity contribution in [2.24, 2.45) is 0 Å². The first-order valence-electron chi connectivity index (χ1n) is 10.2. The van der Waals surface area contributed by atoms with Gasteiger partial charge in [0.15, 0.2) is 5.65 Å². The first-order valence-corrected chi connectivity index (χ1v) is 13.1. The second kappa shape index (κ2) is 10.5. The number of benzene rings is 1. The number of nitrogens with zero attached hydrogens (tertiary/aromatic N) is 4. The van der Waals surface area contributed by atoms with E-state index in [0.29, 0.717) is 16.2 Å². The second-order valence-corrected chi connectivity index (χ2v) is 11.3. The highest BCUT2D eigenvalue weighted by atomic mass is 32.2. The van der Waals surface area contributed by atoms with Crippen molar-refractivity contribution in [1.29, 1.82) is 0 Å². The maximum absolute atomic E-state index is 12.4. The van der Waals surface area contributed by atoms with Crippen molar-refractivity contribution in [2.75, 3.05) is 18.2 Å². The summed E-state index contributed by atoms with van der Waals surface area (Å²) in [6.07, 6.45) is -6.60. The molecule has 186 valence electrons. The van der Waals surface area contributed by atoms with Crippen molar-refractivity contribution >= 4 is 36.2 Å². The lowest BCUT2D eigenvalue weighted by Gasteiger charge is -2.18. The molecule has 0 fully saturated rings. The molecule has 2 aromatic heterocycles. The predicted molar refractivity (Wildman–Crippen MR) is 122 cm³/mol. The number of hydrogen-bond donors (Lipinski definition) is 2. The summed E-state index contributed by atoms with van der Waals surface area (Å²) in [4.78, 5) is 23.2. The molecule has 3 aromatic rings. The van der Waals surface area contributed by atoms with E-state index in [4.69, 9.17) is 15.2 Å². The average Bonchev–Trinajstić information content (AvgIpc) is 3.08. The van der Waals surface area contributed by atoms with Gasteiger partial charge < -0.3 is 24.7 Å². The van der Waals surface area contributed by atoms with Crippen LogP contribution in [0, 0.1) is 0 Å². The van der Waals surface area contributed by atoms with E-state index in [1.54, 1.807) is 11.5 Å². The maximum Gasteiger partial charge on any atom is 0.398 e. The highest BCUT2D eigenvalue weighted by molar-refractivity contribution is 7.99. The SMILES string of the molecule is CC(C)Oc1ccc(Sc2nc(N)nc3c2ncn3CC(C)OCP(=O)(O)CC(F)(F)F)cc1. The van der Waals surface area contributed by atoms with E-state index >= 15 is 0 Å². The molecule has 14 heteroatoms. The number of aromatic nitrogens is 4. The minimum Gasteiger partial charge on any atom is -0.491 e. The van der Waals surface area contributed by atoms with E-state index < -0.39 is 32.2 Å². The quantitative estimate of drug-likeness (QED) is 0.293. The third kappa shape index (κ3) is 7.59. The van der Waals surface area contributed by atoms with Crippen molar-refractivity contribution in [3.63, 3.8) is 0 Å². The Labute approximate surface area is 198 Å². The van der Waals surface area contributed by atoms with Gasteiger partial charge in [-0.1, -0.05) is 11.8 Å². The van der Waals surface area contributed by atoms with Crippen molar-refractivity contribution < 1.29 is 32.1 Å². The number of imidazole rings is 1. The Bertz CT molecular complexity index is 1170. The van der Waals surface area contributed by atoms with Crippen LogP contribution in [0.2, 0.25) is 0 Å². The summed E-state index contributed by atoms with van der Waals surface area (Å²) in [6, 6.07) is 7.46. The number of anilines is 1. The largest absolute Gasteiger partial charge is 0.491 e. The van der Waals surface area contributed by atoms with Gasteiger partial charge in [0.05, 0.1) is 25.1 Å². The molecule has 0 aliphatic rings. The van der Waals surface area contributed by atoms with Crippen molar-refractivity contribution in [1.82, 2.24) is 19.5 Å². The van der Waals surface area contributed by atoms with Gasteiger partial charge in [-0.2, -0.15) is 18.2 Å². The van der Waals surface area contributed by atoms with Gasteiger partial charge in [-0.15, -0.1) is 0 Å². The molecule has 0 aliphatic carbocycles. The number of nitrogen functional groups attached to an aromatic ring is 1. The molecular weight excluding hydrogens is 494 g/mol. The number of nitrogens with two attached hydrogens (primary N) is 1. The summed E-state index contributed by atoms with van der Waals surface area (Å²) in [5.41, 5.74) is 6.78. The molecule has 2 atom stereocenters. The molecule has 0 radical (unpaired) electrons. The number of hydrogen-bond acceptors (Lipinski definition) is 8. The van der Waals surface area contributed by atoms with Crippen LogP contribution in [0.25, 0.3) is 11.2 Å². The van der Waals surface area contributed by atoms with Crippen LogP contribution in [0.1, 0.15) is 20.8 Å².